The maximum Gasteiger partial charge on any atom is 0.0589 e. The topological polar surface area (TPSA) is 24.5 Å². The van der Waals surface area contributed by atoms with Gasteiger partial charge in [0.2, 0.25) is 0 Å². The first-order valence-electron chi connectivity index (χ1n) is 8.16. The number of hydrogen-bond acceptors (Lipinski definition) is 3. The van der Waals surface area contributed by atoms with Gasteiger partial charge in [0.05, 0.1) is 6.61 Å². The van der Waals surface area contributed by atoms with Gasteiger partial charge in [-0.05, 0) is 31.4 Å². The first-order valence-corrected chi connectivity index (χ1v) is 8.16. The highest BCUT2D eigenvalue weighted by molar-refractivity contribution is 5.21. The molecule has 2 unspecified atom stereocenters. The second-order valence-electron chi connectivity index (χ2n) is 6.37. The summed E-state index contributed by atoms with van der Waals surface area (Å²) in [5.41, 5.74) is 1.38. The van der Waals surface area contributed by atoms with Crippen LogP contribution < -0.4 is 5.32 Å². The number of rotatable bonds is 9. The highest BCUT2D eigenvalue weighted by atomic mass is 16.5. The summed E-state index contributed by atoms with van der Waals surface area (Å²) < 4.78 is 5.34. The minimum atomic E-state index is 0.364. The van der Waals surface area contributed by atoms with Gasteiger partial charge in [-0.25, -0.2) is 0 Å². The summed E-state index contributed by atoms with van der Waals surface area (Å²) in [5.74, 6) is 0.597. The van der Waals surface area contributed by atoms with Crippen LogP contribution in [0, 0.1) is 5.92 Å². The third-order valence-electron chi connectivity index (χ3n) is 4.45. The number of likely N-dealkylation sites (N-methyl/N-ethyl adjacent to an activating group) is 1. The second-order valence-corrected chi connectivity index (χ2v) is 6.37. The van der Waals surface area contributed by atoms with E-state index >= 15 is 0 Å². The van der Waals surface area contributed by atoms with Crippen molar-refractivity contribution in [1.29, 1.82) is 0 Å². The molecule has 2 rings (SSSR count). The molecule has 3 heteroatoms. The standard InChI is InChI=1S/C18H30N2O/c1-14(2)18(20(12-13-21-4)16-10-11-16)17(19-3)15-8-6-5-7-9-15/h5-9,14,16-19H,10-13H2,1-4H3. The van der Waals surface area contributed by atoms with E-state index in [1.165, 1.54) is 18.4 Å². The third kappa shape index (κ3) is 4.29. The van der Waals surface area contributed by atoms with Crippen LogP contribution in [0.4, 0.5) is 0 Å². The number of ether oxygens (including phenoxy) is 1. The molecule has 2 atom stereocenters. The zero-order valence-electron chi connectivity index (χ0n) is 13.9. The first kappa shape index (κ1) is 16.5. The van der Waals surface area contributed by atoms with Gasteiger partial charge in [-0.15, -0.1) is 0 Å². The van der Waals surface area contributed by atoms with Crippen LogP contribution in [-0.4, -0.2) is 44.3 Å². The largest absolute Gasteiger partial charge is 0.383 e. The quantitative estimate of drug-likeness (QED) is 0.756. The molecule has 0 amide bonds. The van der Waals surface area contributed by atoms with E-state index in [0.29, 0.717) is 18.0 Å². The van der Waals surface area contributed by atoms with Crippen LogP contribution in [0.5, 0.6) is 0 Å². The zero-order chi connectivity index (χ0) is 15.2. The lowest BCUT2D eigenvalue weighted by Crippen LogP contribution is -2.49. The Kier molecular flexibility index (Phi) is 6.22. The predicted octanol–water partition coefficient (Wildman–Crippen LogP) is 3.08. The molecule has 0 saturated heterocycles. The average Bonchev–Trinajstić information content (AvgIpc) is 3.32. The van der Waals surface area contributed by atoms with Crippen molar-refractivity contribution in [2.75, 3.05) is 27.3 Å². The van der Waals surface area contributed by atoms with E-state index in [1.807, 2.05) is 0 Å². The molecule has 3 nitrogen and oxygen atoms in total. The summed E-state index contributed by atoms with van der Waals surface area (Å²) in [4.78, 5) is 2.67. The van der Waals surface area contributed by atoms with E-state index in [-0.39, 0.29) is 0 Å². The van der Waals surface area contributed by atoms with E-state index < -0.39 is 0 Å². The lowest BCUT2D eigenvalue weighted by molar-refractivity contribution is 0.0739. The lowest BCUT2D eigenvalue weighted by Gasteiger charge is -2.40. The van der Waals surface area contributed by atoms with Gasteiger partial charge in [-0.3, -0.25) is 4.90 Å². The summed E-state index contributed by atoms with van der Waals surface area (Å²) in [5, 5.41) is 3.56. The average molecular weight is 290 g/mol. The molecule has 21 heavy (non-hydrogen) atoms. The van der Waals surface area contributed by atoms with Crippen LogP contribution in [0.15, 0.2) is 30.3 Å². The van der Waals surface area contributed by atoms with Gasteiger partial charge in [0.25, 0.3) is 0 Å². The lowest BCUT2D eigenvalue weighted by atomic mass is 9.89. The fraction of sp³-hybridized carbons (Fsp3) is 0.667. The summed E-state index contributed by atoms with van der Waals surface area (Å²) in [7, 11) is 3.87. The van der Waals surface area contributed by atoms with E-state index in [2.05, 4.69) is 61.4 Å². The molecule has 0 bridgehead atoms. The summed E-state index contributed by atoms with van der Waals surface area (Å²) in [6.45, 7) is 6.50. The monoisotopic (exact) mass is 290 g/mol. The molecule has 1 saturated carbocycles. The van der Waals surface area contributed by atoms with E-state index in [4.69, 9.17) is 4.74 Å². The van der Waals surface area contributed by atoms with Crippen LogP contribution in [0.2, 0.25) is 0 Å². The summed E-state index contributed by atoms with van der Waals surface area (Å²) in [6, 6.07) is 12.4. The maximum absolute atomic E-state index is 5.34. The number of methoxy groups -OCH3 is 1. The highest BCUT2D eigenvalue weighted by Crippen LogP contribution is 2.35. The zero-order valence-corrected chi connectivity index (χ0v) is 13.9. The molecule has 1 aromatic rings. The molecule has 1 aliphatic carbocycles. The van der Waals surface area contributed by atoms with Gasteiger partial charge < -0.3 is 10.1 Å². The fourth-order valence-electron chi connectivity index (χ4n) is 3.33. The fourth-order valence-corrected chi connectivity index (χ4v) is 3.33. The van der Waals surface area contributed by atoms with Crippen molar-refractivity contribution in [3.8, 4) is 0 Å². The molecule has 0 heterocycles. The van der Waals surface area contributed by atoms with Gasteiger partial charge in [0, 0.05) is 31.8 Å². The van der Waals surface area contributed by atoms with Crippen LogP contribution in [0.1, 0.15) is 38.3 Å². The van der Waals surface area contributed by atoms with Crippen molar-refractivity contribution in [3.63, 3.8) is 0 Å². The van der Waals surface area contributed by atoms with Crippen molar-refractivity contribution in [2.24, 2.45) is 5.92 Å². The smallest absolute Gasteiger partial charge is 0.0589 e. The Labute approximate surface area is 129 Å². The van der Waals surface area contributed by atoms with Gasteiger partial charge in [0.1, 0.15) is 0 Å². The first-order chi connectivity index (χ1) is 10.2. The summed E-state index contributed by atoms with van der Waals surface area (Å²) in [6.07, 6.45) is 2.66. The maximum atomic E-state index is 5.34. The minimum absolute atomic E-state index is 0.364. The molecule has 1 aromatic carbocycles. The van der Waals surface area contributed by atoms with Crippen LogP contribution in [0.3, 0.4) is 0 Å². The van der Waals surface area contributed by atoms with Crippen molar-refractivity contribution in [2.45, 2.75) is 44.8 Å². The van der Waals surface area contributed by atoms with Gasteiger partial charge in [0.15, 0.2) is 0 Å². The third-order valence-corrected chi connectivity index (χ3v) is 4.45. The Balaban J connectivity index is 2.22. The molecular formula is C18H30N2O. The Morgan fingerprint density at radius 3 is 2.38 bits per heavy atom. The molecule has 118 valence electrons. The molecule has 1 N–H and O–H groups in total. The Morgan fingerprint density at radius 2 is 1.90 bits per heavy atom. The number of nitrogens with one attached hydrogen (secondary N) is 1. The SMILES string of the molecule is CNC(c1ccccc1)C(C(C)C)N(CCOC)C1CC1. The van der Waals surface area contributed by atoms with Crippen LogP contribution in [-0.2, 0) is 4.74 Å². The summed E-state index contributed by atoms with van der Waals surface area (Å²) >= 11 is 0. The van der Waals surface area contributed by atoms with E-state index in [9.17, 15) is 0 Å². The van der Waals surface area contributed by atoms with Crippen LogP contribution in [0.25, 0.3) is 0 Å². The Hall–Kier alpha value is -0.900. The predicted molar refractivity (Wildman–Crippen MR) is 88.5 cm³/mol. The number of nitrogens with zero attached hydrogens (tertiary/aromatic N) is 1. The van der Waals surface area contributed by atoms with Crippen molar-refractivity contribution < 1.29 is 4.74 Å². The Bertz CT molecular complexity index is 403. The molecule has 0 radical (unpaired) electrons. The van der Waals surface area contributed by atoms with E-state index in [0.717, 1.165) is 19.2 Å². The van der Waals surface area contributed by atoms with Gasteiger partial charge >= 0.3 is 0 Å². The number of benzene rings is 1. The molecule has 1 fully saturated rings. The normalized spacial score (nSPS) is 18.2. The molecular weight excluding hydrogens is 260 g/mol. The van der Waals surface area contributed by atoms with Gasteiger partial charge in [-0.2, -0.15) is 0 Å². The Morgan fingerprint density at radius 1 is 1.24 bits per heavy atom. The molecule has 1 aliphatic rings. The highest BCUT2D eigenvalue weighted by Gasteiger charge is 2.38. The molecule has 0 aromatic heterocycles. The van der Waals surface area contributed by atoms with E-state index in [1.54, 1.807) is 7.11 Å². The molecule has 0 aliphatic heterocycles. The van der Waals surface area contributed by atoms with Crippen molar-refractivity contribution in [3.05, 3.63) is 35.9 Å². The van der Waals surface area contributed by atoms with Crippen molar-refractivity contribution >= 4 is 0 Å². The molecule has 0 spiro atoms. The van der Waals surface area contributed by atoms with Crippen LogP contribution >= 0.6 is 0 Å². The number of hydrogen-bond donors (Lipinski definition) is 1. The second kappa shape index (κ2) is 7.92. The minimum Gasteiger partial charge on any atom is -0.383 e. The van der Waals surface area contributed by atoms with Gasteiger partial charge in [-0.1, -0.05) is 44.2 Å². The van der Waals surface area contributed by atoms with Crippen molar-refractivity contribution in [1.82, 2.24) is 10.2 Å².